The van der Waals surface area contributed by atoms with E-state index in [-0.39, 0.29) is 24.7 Å². The minimum atomic E-state index is -1.39. The average molecular weight is 446 g/mol. The zero-order chi connectivity index (χ0) is 21.6. The van der Waals surface area contributed by atoms with Crippen molar-refractivity contribution in [1.82, 2.24) is 10.2 Å². The number of amides is 3. The second-order valence-corrected chi connectivity index (χ2v) is 8.30. The second-order valence-electron chi connectivity index (χ2n) is 7.48. The fourth-order valence-electron chi connectivity index (χ4n) is 4.38. The molecule has 1 saturated heterocycles. The number of nitrogens with one attached hydrogen (secondary N) is 1. The Kier molecular flexibility index (Phi) is 5.24. The molecule has 6 nitrogen and oxygen atoms in total. The van der Waals surface area contributed by atoms with Gasteiger partial charge in [0.15, 0.2) is 0 Å². The molecule has 4 rings (SSSR count). The molecule has 2 aliphatic rings. The van der Waals surface area contributed by atoms with Gasteiger partial charge in [-0.15, -0.1) is 0 Å². The monoisotopic (exact) mass is 445 g/mol. The highest BCUT2D eigenvalue weighted by Gasteiger charge is 2.60. The first-order valence-electron chi connectivity index (χ1n) is 9.81. The van der Waals surface area contributed by atoms with E-state index >= 15 is 0 Å². The lowest BCUT2D eigenvalue weighted by Crippen LogP contribution is -2.70. The lowest BCUT2D eigenvalue weighted by Gasteiger charge is -2.49. The Labute approximate surface area is 184 Å². The Morgan fingerprint density at radius 1 is 1.17 bits per heavy atom. The smallest absolute Gasteiger partial charge is 0.267 e. The van der Waals surface area contributed by atoms with Crippen LogP contribution in [0.15, 0.2) is 42.5 Å². The van der Waals surface area contributed by atoms with Gasteiger partial charge in [-0.05, 0) is 43.7 Å². The molecule has 0 aromatic heterocycles. The lowest BCUT2D eigenvalue weighted by atomic mass is 9.95. The molecule has 8 heteroatoms. The summed E-state index contributed by atoms with van der Waals surface area (Å²) in [6.45, 7) is 3.93. The van der Waals surface area contributed by atoms with E-state index in [0.29, 0.717) is 27.8 Å². The summed E-state index contributed by atoms with van der Waals surface area (Å²) in [6, 6.07) is 11.7. The van der Waals surface area contributed by atoms with Crippen LogP contribution in [0.25, 0.3) is 0 Å². The van der Waals surface area contributed by atoms with Crippen LogP contribution in [0, 0.1) is 0 Å². The molecule has 0 saturated carbocycles. The third kappa shape index (κ3) is 2.97. The number of hydrogen-bond donors (Lipinski definition) is 1. The topological polar surface area (TPSA) is 69.7 Å². The zero-order valence-electron chi connectivity index (χ0n) is 16.6. The van der Waals surface area contributed by atoms with Crippen molar-refractivity contribution in [2.45, 2.75) is 38.4 Å². The molecule has 2 atom stereocenters. The molecular weight excluding hydrogens is 425 g/mol. The molecule has 2 heterocycles. The second kappa shape index (κ2) is 7.60. The third-order valence-corrected chi connectivity index (χ3v) is 6.58. The van der Waals surface area contributed by atoms with Crippen LogP contribution in [0.5, 0.6) is 0 Å². The Morgan fingerprint density at radius 2 is 1.90 bits per heavy atom. The number of fused-ring (bicyclic) bond motifs is 3. The molecule has 0 bridgehead atoms. The van der Waals surface area contributed by atoms with Crippen molar-refractivity contribution >= 4 is 46.6 Å². The number of para-hydroxylation sites is 1. The minimum Gasteiger partial charge on any atom is -0.346 e. The van der Waals surface area contributed by atoms with Crippen LogP contribution in [0.2, 0.25) is 10.0 Å². The summed E-state index contributed by atoms with van der Waals surface area (Å²) >= 11 is 12.1. The number of hydrogen-bond acceptors (Lipinski definition) is 3. The minimum absolute atomic E-state index is 0.175. The number of carbonyl (C=O) groups is 3. The van der Waals surface area contributed by atoms with Crippen LogP contribution in [0.3, 0.4) is 0 Å². The highest BCUT2D eigenvalue weighted by molar-refractivity contribution is 6.42. The van der Waals surface area contributed by atoms with Gasteiger partial charge in [-0.3, -0.25) is 19.3 Å². The van der Waals surface area contributed by atoms with Gasteiger partial charge < -0.3 is 10.2 Å². The number of carbonyl (C=O) groups excluding carboxylic acids is 3. The van der Waals surface area contributed by atoms with Crippen molar-refractivity contribution in [3.63, 3.8) is 0 Å². The van der Waals surface area contributed by atoms with Crippen LogP contribution >= 0.6 is 23.2 Å². The Balaban J connectivity index is 1.75. The molecule has 2 aromatic rings. The van der Waals surface area contributed by atoms with Gasteiger partial charge in [0.05, 0.1) is 27.3 Å². The summed E-state index contributed by atoms with van der Waals surface area (Å²) in [5, 5.41) is 3.80. The number of halogens is 2. The molecular formula is C22H21Cl2N3O3. The highest BCUT2D eigenvalue weighted by atomic mass is 35.5. The van der Waals surface area contributed by atoms with Crippen molar-refractivity contribution in [3.8, 4) is 0 Å². The zero-order valence-corrected chi connectivity index (χ0v) is 18.1. The van der Waals surface area contributed by atoms with E-state index in [1.807, 2.05) is 13.8 Å². The van der Waals surface area contributed by atoms with E-state index in [1.165, 1.54) is 9.80 Å². The fourth-order valence-corrected chi connectivity index (χ4v) is 4.69. The number of anilines is 1. The van der Waals surface area contributed by atoms with Crippen molar-refractivity contribution in [3.05, 3.63) is 63.6 Å². The van der Waals surface area contributed by atoms with Gasteiger partial charge in [-0.25, -0.2) is 0 Å². The van der Waals surface area contributed by atoms with Crippen LogP contribution in [-0.2, 0) is 9.59 Å². The third-order valence-electron chi connectivity index (χ3n) is 5.84. The molecule has 0 aliphatic carbocycles. The van der Waals surface area contributed by atoms with Crippen molar-refractivity contribution < 1.29 is 14.4 Å². The van der Waals surface area contributed by atoms with E-state index < -0.39 is 17.6 Å². The summed E-state index contributed by atoms with van der Waals surface area (Å²) in [5.41, 5.74) is 0.292. The van der Waals surface area contributed by atoms with Gasteiger partial charge in [0.2, 0.25) is 11.6 Å². The van der Waals surface area contributed by atoms with Gasteiger partial charge in [-0.1, -0.05) is 41.4 Å². The van der Waals surface area contributed by atoms with Crippen LogP contribution in [0.4, 0.5) is 5.69 Å². The van der Waals surface area contributed by atoms with E-state index in [9.17, 15) is 14.4 Å². The van der Waals surface area contributed by atoms with E-state index in [1.54, 1.807) is 42.5 Å². The highest BCUT2D eigenvalue weighted by Crippen LogP contribution is 2.44. The number of benzene rings is 2. The molecule has 30 heavy (non-hydrogen) atoms. The van der Waals surface area contributed by atoms with Crippen molar-refractivity contribution in [2.24, 2.45) is 0 Å². The van der Waals surface area contributed by atoms with Gasteiger partial charge >= 0.3 is 0 Å². The molecule has 1 N–H and O–H groups in total. The molecule has 1 fully saturated rings. The maximum Gasteiger partial charge on any atom is 0.267 e. The first-order valence-corrected chi connectivity index (χ1v) is 10.6. The molecule has 156 valence electrons. The van der Waals surface area contributed by atoms with Crippen LogP contribution in [-0.4, -0.2) is 34.8 Å². The van der Waals surface area contributed by atoms with Gasteiger partial charge in [0.1, 0.15) is 0 Å². The van der Waals surface area contributed by atoms with E-state index in [4.69, 9.17) is 23.2 Å². The number of likely N-dealkylation sites (N-methyl/N-ethyl adjacent to an activating group) is 1. The first-order chi connectivity index (χ1) is 14.3. The molecule has 0 radical (unpaired) electrons. The standard InChI is InChI=1S/C22H21Cl2N3O3/c1-3-26-20(29)15-6-4-5-7-18(15)27-19(28)10-11-22(26,27)21(30)25-13(2)14-8-9-16(23)17(24)12-14/h4-9,12-13H,3,10-11H2,1-2H3,(H,25,30)/t13-,22+/m1/s1. The SMILES string of the molecule is CCN1C(=O)c2ccccc2N2C(=O)CC[C@]12C(=O)N[C@H](C)c1ccc(Cl)c(Cl)c1. The average Bonchev–Trinajstić information content (AvgIpc) is 3.08. The quantitative estimate of drug-likeness (QED) is 0.767. The van der Waals surface area contributed by atoms with Crippen molar-refractivity contribution in [1.29, 1.82) is 0 Å². The molecule has 2 aromatic carbocycles. The van der Waals surface area contributed by atoms with Gasteiger partial charge in [0, 0.05) is 19.4 Å². The Hall–Kier alpha value is -2.57. The van der Waals surface area contributed by atoms with E-state index in [0.717, 1.165) is 5.56 Å². The van der Waals surface area contributed by atoms with Crippen LogP contribution < -0.4 is 10.2 Å². The molecule has 0 unspecified atom stereocenters. The van der Waals surface area contributed by atoms with Gasteiger partial charge in [0.25, 0.3) is 11.8 Å². The van der Waals surface area contributed by atoms with E-state index in [2.05, 4.69) is 5.32 Å². The fraction of sp³-hybridized carbons (Fsp3) is 0.318. The summed E-state index contributed by atoms with van der Waals surface area (Å²) in [5.74, 6) is -0.821. The Morgan fingerprint density at radius 3 is 2.60 bits per heavy atom. The first kappa shape index (κ1) is 20.7. The maximum absolute atomic E-state index is 13.6. The molecule has 2 aliphatic heterocycles. The normalized spacial score (nSPS) is 21.3. The number of nitrogens with zero attached hydrogens (tertiary/aromatic N) is 2. The largest absolute Gasteiger partial charge is 0.346 e. The summed E-state index contributed by atoms with van der Waals surface area (Å²) in [6.07, 6.45) is 0.423. The molecule has 0 spiro atoms. The Bertz CT molecular complexity index is 1060. The number of rotatable bonds is 4. The van der Waals surface area contributed by atoms with Crippen molar-refractivity contribution in [2.75, 3.05) is 11.4 Å². The summed E-state index contributed by atoms with van der Waals surface area (Å²) < 4.78 is 0. The predicted octanol–water partition coefficient (Wildman–Crippen LogP) is 4.17. The molecule has 3 amide bonds. The predicted molar refractivity (Wildman–Crippen MR) is 116 cm³/mol. The van der Waals surface area contributed by atoms with Crippen LogP contribution in [0.1, 0.15) is 48.7 Å². The lowest BCUT2D eigenvalue weighted by molar-refractivity contribution is -0.134. The maximum atomic E-state index is 13.6. The summed E-state index contributed by atoms with van der Waals surface area (Å²) in [4.78, 5) is 42.7. The van der Waals surface area contributed by atoms with Gasteiger partial charge in [-0.2, -0.15) is 0 Å². The summed E-state index contributed by atoms with van der Waals surface area (Å²) in [7, 11) is 0.